The molecule has 0 spiro atoms. The first-order valence-corrected chi connectivity index (χ1v) is 41.5. The van der Waals surface area contributed by atoms with Crippen LogP contribution in [0.3, 0.4) is 0 Å². The number of nitrogens with zero attached hydrogens (tertiary/aromatic N) is 5. The Bertz CT molecular complexity index is 3970. The third-order valence-electron chi connectivity index (χ3n) is 20.0. The van der Waals surface area contributed by atoms with E-state index in [1.54, 1.807) is 58.2 Å². The van der Waals surface area contributed by atoms with Gasteiger partial charge in [0.05, 0.1) is 63.4 Å². The van der Waals surface area contributed by atoms with Gasteiger partial charge in [-0.3, -0.25) is 72.0 Å². The van der Waals surface area contributed by atoms with Crippen LogP contribution in [0.25, 0.3) is 5.57 Å². The van der Waals surface area contributed by atoms with Gasteiger partial charge in [-0.25, -0.2) is 4.79 Å². The number of aliphatic carboxylic acids is 4. The third kappa shape index (κ3) is 31.7. The fourth-order valence-electron chi connectivity index (χ4n) is 14.0. The number of ketones is 2. The molecule has 37 heteroatoms. The van der Waals surface area contributed by atoms with Crippen molar-refractivity contribution >= 4 is 104 Å². The van der Waals surface area contributed by atoms with E-state index in [2.05, 4.69) is 47.5 Å². The number of unbranched alkanes of at least 4 members (excludes halogenated alkanes) is 2. The van der Waals surface area contributed by atoms with E-state index in [-0.39, 0.29) is 108 Å². The normalized spacial score (nSPS) is 21.0. The van der Waals surface area contributed by atoms with Crippen molar-refractivity contribution in [2.24, 2.45) is 11.7 Å². The summed E-state index contributed by atoms with van der Waals surface area (Å²) >= 11 is 0. The van der Waals surface area contributed by atoms with E-state index in [0.717, 1.165) is 52.5 Å². The molecule has 7 rings (SSSR count). The molecule has 1 aromatic heterocycles. The van der Waals surface area contributed by atoms with Crippen LogP contribution in [0.4, 0.5) is 0 Å². The number of ether oxygens (including phenoxy) is 2. The zero-order valence-electron chi connectivity index (χ0n) is 65.2. The quantitative estimate of drug-likeness (QED) is 0.0220. The van der Waals surface area contributed by atoms with Gasteiger partial charge in [0, 0.05) is 93.9 Å². The van der Waals surface area contributed by atoms with Crippen LogP contribution in [0.2, 0.25) is 0 Å². The van der Waals surface area contributed by atoms with E-state index in [4.69, 9.17) is 15.2 Å². The average molecular weight is 1660 g/mol. The van der Waals surface area contributed by atoms with Crippen molar-refractivity contribution in [3.05, 3.63) is 119 Å². The van der Waals surface area contributed by atoms with Crippen LogP contribution in [0.5, 0.6) is 5.75 Å². The van der Waals surface area contributed by atoms with E-state index in [1.807, 2.05) is 30.3 Å². The molecule has 116 heavy (non-hydrogen) atoms. The van der Waals surface area contributed by atoms with Crippen LogP contribution in [-0.4, -0.2) is 268 Å². The number of aromatic nitrogens is 3. The lowest BCUT2D eigenvalue weighted by Gasteiger charge is -2.43. The second-order valence-corrected chi connectivity index (χ2v) is 31.7. The number of carboxylic acid groups (broad SMARTS) is 4. The van der Waals surface area contributed by atoms with Gasteiger partial charge in [0.15, 0.2) is 11.8 Å². The van der Waals surface area contributed by atoms with Crippen molar-refractivity contribution in [1.82, 2.24) is 62.0 Å². The first kappa shape index (κ1) is 93.4. The number of benzene rings is 3. The largest absolute Gasteiger partial charge is 0.508 e. The maximum absolute atomic E-state index is 15.3. The number of hydrogen-bond acceptors (Lipinski definition) is 25. The molecule has 7 amide bonds. The number of allylic oxidation sites excluding steroid dienone is 1. The van der Waals surface area contributed by atoms with Crippen LogP contribution < -0.4 is 43.0 Å². The fourth-order valence-corrected chi connectivity index (χ4v) is 16.4. The van der Waals surface area contributed by atoms with Crippen LogP contribution in [-0.2, 0) is 104 Å². The number of aliphatic hydroxyl groups is 2. The summed E-state index contributed by atoms with van der Waals surface area (Å²) in [6.45, 7) is 1.95. The molecule has 0 bridgehead atoms. The Morgan fingerprint density at radius 1 is 0.664 bits per heavy atom. The number of phenolic OH excluding ortho intramolecular Hbond substituents is 1. The Kier molecular flexibility index (Phi) is 39.2. The van der Waals surface area contributed by atoms with E-state index in [1.165, 1.54) is 24.0 Å². The van der Waals surface area contributed by atoms with Crippen molar-refractivity contribution in [3.8, 4) is 5.75 Å². The predicted molar refractivity (Wildman–Crippen MR) is 425 cm³/mol. The molecule has 12 atom stereocenters. The fraction of sp³-hybridized carbons (Fsp3) is 0.557. The molecule has 2 aliphatic carbocycles. The number of hydrogen-bond donors (Lipinski definition) is 15. The number of phenols is 1. The molecule has 2 heterocycles. The van der Waals surface area contributed by atoms with Gasteiger partial charge in [-0.2, -0.15) is 0 Å². The number of carboxylic acids is 4. The number of nitrogens with two attached hydrogens (primary N) is 1. The Morgan fingerprint density at radius 3 is 1.97 bits per heavy atom. The summed E-state index contributed by atoms with van der Waals surface area (Å²) in [4.78, 5) is 181. The number of rotatable bonds is 43. The number of fused-ring (bicyclic) bond motifs is 1. The van der Waals surface area contributed by atoms with Crippen LogP contribution in [0, 0.1) is 5.92 Å². The highest BCUT2D eigenvalue weighted by Gasteiger charge is 2.40. The highest BCUT2D eigenvalue weighted by atomic mass is 33.1. The summed E-state index contributed by atoms with van der Waals surface area (Å²) in [5.41, 5.74) is 9.85. The summed E-state index contributed by atoms with van der Waals surface area (Å²) in [5.74, 6) is -14.2. The molecule has 1 saturated carbocycles. The van der Waals surface area contributed by atoms with Gasteiger partial charge in [0.2, 0.25) is 41.4 Å². The first-order chi connectivity index (χ1) is 55.5. The Morgan fingerprint density at radius 2 is 1.30 bits per heavy atom. The molecule has 634 valence electrons. The van der Waals surface area contributed by atoms with Gasteiger partial charge in [-0.05, 0) is 125 Å². The van der Waals surface area contributed by atoms with Crippen LogP contribution in [0.15, 0.2) is 91.1 Å². The van der Waals surface area contributed by atoms with Crippen molar-refractivity contribution in [3.63, 3.8) is 0 Å². The molecule has 3 aliphatic rings. The zero-order chi connectivity index (χ0) is 84.2. The van der Waals surface area contributed by atoms with E-state index < -0.39 is 169 Å². The first-order valence-electron chi connectivity index (χ1n) is 39.0. The standard InChI is InChI=1S/C79H109N13O22S2/c1-48(93)71-78(110)85-63(77(109)87-72(49(2)94)79(111)112)47-116-115-46-62(66(97)40-54(37-51-24-28-57(96)29-25-51)73(105)83-61(39-53-27-26-52-17-6-7-20-58(52)53)76(108)82-59(74(106)86-71)21-10-12-31-80)84-75(107)60(38-50-15-4-3-5-16-50)81-67(98)30-34-114-36-35-113-33-14-19-56(95)18-11-13-32-92-42-55(88-89-92)41-90(43-68(99)100)64-22-8-9-23-65(64)91(44-69(101)102)45-70(103)104/h3-7,15-17,20,24-25,27-29,42,48-49,54,59-65,71-72,93-94,96H,8-14,18-19,21-23,26,30-41,43-47,80H2,1-2H3,(H,81,98)(H,82,108)(H,83,105)(H,84,107)(H,85,110)(H,86,106)(H,87,109)(H,99,100)(H,101,102)(H,103,104)(H,111,112)/t48-,49-,54-,59+,60?,61-,62+,63+,64?,65?,71+,72+/m1/s1. The van der Waals surface area contributed by atoms with Crippen LogP contribution >= 0.6 is 21.6 Å². The average Bonchev–Trinajstić information content (AvgIpc) is 1.47. The Labute approximate surface area is 679 Å². The number of aromatic hydroxyl groups is 1. The maximum atomic E-state index is 15.3. The number of carbonyl (C=O) groups excluding carboxylic acids is 9. The highest BCUT2D eigenvalue weighted by Crippen LogP contribution is 2.33. The second-order valence-electron chi connectivity index (χ2n) is 29.2. The summed E-state index contributed by atoms with van der Waals surface area (Å²) in [6, 6.07) is 9.98. The number of aryl methyl sites for hydroxylation is 1. The van der Waals surface area contributed by atoms with Gasteiger partial charge in [0.1, 0.15) is 41.7 Å². The van der Waals surface area contributed by atoms with Gasteiger partial charge < -0.3 is 88.2 Å². The number of amides is 7. The highest BCUT2D eigenvalue weighted by molar-refractivity contribution is 8.76. The van der Waals surface area contributed by atoms with E-state index in [9.17, 15) is 88.5 Å². The zero-order valence-corrected chi connectivity index (χ0v) is 66.8. The number of carbonyl (C=O) groups is 13. The molecule has 1 saturated heterocycles. The topological polar surface area (TPSA) is 529 Å². The molecule has 16 N–H and O–H groups in total. The summed E-state index contributed by atoms with van der Waals surface area (Å²) in [7, 11) is 1.80. The minimum Gasteiger partial charge on any atom is -0.508 e. The third-order valence-corrected chi connectivity index (χ3v) is 22.4. The lowest BCUT2D eigenvalue weighted by Crippen LogP contribution is -2.62. The molecule has 2 fully saturated rings. The molecule has 0 radical (unpaired) electrons. The van der Waals surface area contributed by atoms with Gasteiger partial charge >= 0.3 is 23.9 Å². The van der Waals surface area contributed by atoms with Crippen molar-refractivity contribution in [2.45, 2.75) is 209 Å². The van der Waals surface area contributed by atoms with Gasteiger partial charge in [-0.15, -0.1) is 5.10 Å². The Balaban J connectivity index is 1.000. The maximum Gasteiger partial charge on any atom is 0.328 e. The van der Waals surface area contributed by atoms with Crippen molar-refractivity contribution in [1.29, 1.82) is 0 Å². The van der Waals surface area contributed by atoms with Crippen molar-refractivity contribution in [2.75, 3.05) is 64.1 Å². The van der Waals surface area contributed by atoms with Crippen molar-refractivity contribution < 1.29 is 108 Å². The smallest absolute Gasteiger partial charge is 0.328 e. The minimum atomic E-state index is -1.88. The molecule has 3 unspecified atom stereocenters. The molecular formula is C79H109N13O22S2. The monoisotopic (exact) mass is 1660 g/mol. The predicted octanol–water partition coefficient (Wildman–Crippen LogP) is 1.45. The lowest BCUT2D eigenvalue weighted by atomic mass is 9.87. The molecular weight excluding hydrogens is 1550 g/mol. The summed E-state index contributed by atoms with van der Waals surface area (Å²) < 4.78 is 13.0. The Hall–Kier alpha value is -9.73. The molecule has 1 aliphatic heterocycles. The molecule has 3 aromatic carbocycles. The molecule has 35 nitrogen and oxygen atoms in total. The van der Waals surface area contributed by atoms with Gasteiger partial charge in [-0.1, -0.05) is 112 Å². The lowest BCUT2D eigenvalue weighted by molar-refractivity contribution is -0.146. The number of aliphatic hydroxyl groups excluding tert-OH is 2. The van der Waals surface area contributed by atoms with E-state index >= 15 is 9.59 Å². The van der Waals surface area contributed by atoms with Gasteiger partial charge in [0.25, 0.3) is 0 Å². The summed E-state index contributed by atoms with van der Waals surface area (Å²) in [6.07, 6.45) is 4.88. The SMILES string of the molecule is C[C@@H](O)[C@H](NC(=O)[C@@H]1CSSC[C@H](NC(=O)C(Cc2ccccc2)NC(=O)CCOCCOCCCC(=O)CCCCn2cc(CN(CC(=O)O)C3CCCCC3N(CC(=O)O)CC(=O)O)nn2)C(=O)C[C@@H](Cc2ccc(O)cc2)C(=O)N[C@H](CC2=CCc3ccccc32)C(=O)N[C@@H](CCCCN)C(=O)N[C@@H]([C@@H](C)O)C(=O)N1)C(=O)O. The molecule has 4 aromatic rings. The summed E-state index contributed by atoms with van der Waals surface area (Å²) in [5, 5.41) is 97.4. The second kappa shape index (κ2) is 48.7. The number of nitrogens with one attached hydrogen (secondary N) is 7. The van der Waals surface area contributed by atoms with E-state index in [0.29, 0.717) is 80.3 Å². The minimum absolute atomic E-state index is 0.0234. The number of Topliss-reactive ketones (excluding diaryl/α,β-unsaturated/α-hetero) is 2. The van der Waals surface area contributed by atoms with Crippen LogP contribution in [0.1, 0.15) is 138 Å².